The Kier molecular flexibility index (Phi) is 10.4. The highest BCUT2D eigenvalue weighted by atomic mass is 31.2. The van der Waals surface area contributed by atoms with Crippen LogP contribution in [0, 0.1) is 0 Å². The van der Waals surface area contributed by atoms with Crippen LogP contribution in [0.5, 0.6) is 0 Å². The summed E-state index contributed by atoms with van der Waals surface area (Å²) >= 11 is 0. The van der Waals surface area contributed by atoms with E-state index in [2.05, 4.69) is 69.6 Å². The van der Waals surface area contributed by atoms with Gasteiger partial charge in [-0.2, -0.15) is 0 Å². The fourth-order valence-electron chi connectivity index (χ4n) is 1.78. The van der Waals surface area contributed by atoms with Crippen LogP contribution in [-0.2, 0) is 31.7 Å². The third kappa shape index (κ3) is 13.9. The lowest BCUT2D eigenvalue weighted by atomic mass is 10.5. The molecule has 0 aliphatic carbocycles. The van der Waals surface area contributed by atoms with E-state index in [0.717, 1.165) is 13.1 Å². The first kappa shape index (κ1) is 21.5. The number of phosphoric acid groups is 1. The lowest BCUT2D eigenvalue weighted by molar-refractivity contribution is -0.671. The normalized spacial score (nSPS) is 10.4. The van der Waals surface area contributed by atoms with Crippen molar-refractivity contribution in [3.05, 3.63) is 37.4 Å². The number of aryl methyl sites for hydroxylation is 4. The zero-order chi connectivity index (χ0) is 17.9. The van der Waals surface area contributed by atoms with Crippen molar-refractivity contribution in [1.82, 2.24) is 9.13 Å². The predicted octanol–water partition coefficient (Wildman–Crippen LogP) is -0.747. The fraction of sp³-hybridized carbons (Fsp3) is 0.571. The topological polar surface area (TPSA) is 101 Å². The van der Waals surface area contributed by atoms with Gasteiger partial charge in [0.15, 0.2) is 0 Å². The van der Waals surface area contributed by atoms with Crippen molar-refractivity contribution in [2.45, 2.75) is 39.8 Å². The van der Waals surface area contributed by atoms with Gasteiger partial charge in [0.05, 0.1) is 35.0 Å². The van der Waals surface area contributed by atoms with E-state index in [0.29, 0.717) is 0 Å². The molecule has 0 saturated carbocycles. The molecule has 0 aliphatic heterocycles. The van der Waals surface area contributed by atoms with Crippen molar-refractivity contribution < 1.29 is 28.4 Å². The van der Waals surface area contributed by atoms with Crippen LogP contribution in [-0.4, -0.2) is 14.0 Å². The van der Waals surface area contributed by atoms with Crippen molar-refractivity contribution in [3.8, 4) is 0 Å². The number of imidazole rings is 2. The maximum Gasteiger partial charge on any atom is 0.243 e. The Balaban J connectivity index is 0.000000332. The lowest BCUT2D eigenvalue weighted by Gasteiger charge is -2.19. The minimum absolute atomic E-state index is 1.13. The summed E-state index contributed by atoms with van der Waals surface area (Å²) < 4.78 is 17.1. The molecular formula is C14H27N4O4P. The van der Waals surface area contributed by atoms with Crippen LogP contribution in [0.15, 0.2) is 37.4 Å². The Hall–Kier alpha value is -1.47. The number of aromatic nitrogens is 4. The number of hydrogen-bond donors (Lipinski definition) is 1. The standard InChI is InChI=1S/2C7H13N2.H3O4P/c2*1-3-4-9-6-5-8(2)7-9;1-5(2,3)4/h2*5-7H,3-4H2,1-2H3;(H3,1,2,3,4)/q2*+1;/p-2. The Morgan fingerprint density at radius 2 is 1.26 bits per heavy atom. The second kappa shape index (κ2) is 11.1. The largest absolute Gasteiger partial charge is 0.790 e. The van der Waals surface area contributed by atoms with Crippen LogP contribution in [0.3, 0.4) is 0 Å². The van der Waals surface area contributed by atoms with Gasteiger partial charge >= 0.3 is 0 Å². The molecule has 0 aromatic carbocycles. The molecule has 0 spiro atoms. The molecular weight excluding hydrogens is 319 g/mol. The molecule has 0 fully saturated rings. The molecule has 0 bridgehead atoms. The minimum atomic E-state index is -5.14. The van der Waals surface area contributed by atoms with Gasteiger partial charge in [0, 0.05) is 0 Å². The third-order valence-corrected chi connectivity index (χ3v) is 2.61. The second-order valence-corrected chi connectivity index (χ2v) is 6.04. The quantitative estimate of drug-likeness (QED) is 0.581. The van der Waals surface area contributed by atoms with E-state index in [1.54, 1.807) is 0 Å². The highest BCUT2D eigenvalue weighted by molar-refractivity contribution is 7.42. The molecule has 0 radical (unpaired) electrons. The summed E-state index contributed by atoms with van der Waals surface area (Å²) in [5.41, 5.74) is 0. The Bertz CT molecular complexity index is 541. The van der Waals surface area contributed by atoms with Gasteiger partial charge in [-0.25, -0.2) is 18.3 Å². The van der Waals surface area contributed by atoms with Crippen molar-refractivity contribution in [2.75, 3.05) is 0 Å². The van der Waals surface area contributed by atoms with Crippen molar-refractivity contribution in [3.63, 3.8) is 0 Å². The van der Waals surface area contributed by atoms with Crippen molar-refractivity contribution in [2.24, 2.45) is 14.1 Å². The Morgan fingerprint density at radius 3 is 1.43 bits per heavy atom. The van der Waals surface area contributed by atoms with E-state index in [-0.39, 0.29) is 0 Å². The zero-order valence-electron chi connectivity index (χ0n) is 14.2. The molecule has 2 aromatic heterocycles. The molecule has 2 rings (SSSR count). The van der Waals surface area contributed by atoms with Gasteiger partial charge in [-0.1, -0.05) is 13.8 Å². The molecule has 9 heteroatoms. The summed E-state index contributed by atoms with van der Waals surface area (Å²) in [5.74, 6) is 0. The van der Waals surface area contributed by atoms with E-state index in [1.807, 2.05) is 14.1 Å². The van der Waals surface area contributed by atoms with E-state index in [4.69, 9.17) is 19.2 Å². The molecule has 0 saturated heterocycles. The van der Waals surface area contributed by atoms with Crippen LogP contribution in [0.2, 0.25) is 0 Å². The summed E-state index contributed by atoms with van der Waals surface area (Å²) in [7, 11) is -1.07. The van der Waals surface area contributed by atoms with E-state index < -0.39 is 7.82 Å². The maximum atomic E-state index is 8.66. The van der Waals surface area contributed by atoms with Crippen LogP contribution in [0.25, 0.3) is 0 Å². The molecule has 23 heavy (non-hydrogen) atoms. The summed E-state index contributed by atoms with van der Waals surface area (Å²) in [6.07, 6.45) is 14.9. The summed E-state index contributed by atoms with van der Waals surface area (Å²) in [4.78, 5) is 24.3. The fourth-order valence-corrected chi connectivity index (χ4v) is 1.78. The third-order valence-electron chi connectivity index (χ3n) is 2.61. The first-order valence-corrected chi connectivity index (χ1v) is 8.92. The van der Waals surface area contributed by atoms with E-state index >= 15 is 0 Å². The zero-order valence-corrected chi connectivity index (χ0v) is 15.1. The highest BCUT2D eigenvalue weighted by Gasteiger charge is 1.95. The van der Waals surface area contributed by atoms with Gasteiger partial charge in [-0.05, 0) is 12.8 Å². The SMILES string of the molecule is CCCn1cc[n+](C)c1.CCCn1cc[n+](C)c1.O=P([O-])([O-])O. The molecule has 8 nitrogen and oxygen atoms in total. The Morgan fingerprint density at radius 1 is 0.957 bits per heavy atom. The van der Waals surface area contributed by atoms with Gasteiger partial charge in [0.2, 0.25) is 12.7 Å². The van der Waals surface area contributed by atoms with Gasteiger partial charge in [0.25, 0.3) is 0 Å². The molecule has 0 unspecified atom stereocenters. The lowest BCUT2D eigenvalue weighted by Crippen LogP contribution is -2.23. The Labute approximate surface area is 137 Å². The van der Waals surface area contributed by atoms with Crippen molar-refractivity contribution >= 4 is 7.82 Å². The number of nitrogens with zero attached hydrogens (tertiary/aromatic N) is 4. The molecule has 0 atom stereocenters. The van der Waals surface area contributed by atoms with Gasteiger partial charge < -0.3 is 19.2 Å². The molecule has 2 heterocycles. The van der Waals surface area contributed by atoms with E-state index in [1.165, 1.54) is 12.8 Å². The van der Waals surface area contributed by atoms with Crippen LogP contribution in [0.1, 0.15) is 26.7 Å². The van der Waals surface area contributed by atoms with Crippen LogP contribution >= 0.6 is 7.82 Å². The monoisotopic (exact) mass is 346 g/mol. The first-order chi connectivity index (χ1) is 10.7. The smallest absolute Gasteiger partial charge is 0.243 e. The van der Waals surface area contributed by atoms with Gasteiger partial charge in [-0.3, -0.25) is 0 Å². The number of rotatable bonds is 4. The molecule has 2 aromatic rings. The molecule has 1 N–H and O–H groups in total. The average Bonchev–Trinajstić information content (AvgIpc) is 2.98. The molecule has 0 aliphatic rings. The number of hydrogen-bond acceptors (Lipinski definition) is 3. The first-order valence-electron chi connectivity index (χ1n) is 7.42. The van der Waals surface area contributed by atoms with Gasteiger partial charge in [-0.15, -0.1) is 0 Å². The minimum Gasteiger partial charge on any atom is -0.790 e. The van der Waals surface area contributed by atoms with Crippen LogP contribution < -0.4 is 18.9 Å². The highest BCUT2D eigenvalue weighted by Crippen LogP contribution is 2.11. The predicted molar refractivity (Wildman–Crippen MR) is 81.6 cm³/mol. The van der Waals surface area contributed by atoms with E-state index in [9.17, 15) is 0 Å². The van der Waals surface area contributed by atoms with Crippen molar-refractivity contribution in [1.29, 1.82) is 0 Å². The summed E-state index contributed by atoms with van der Waals surface area (Å²) in [6, 6.07) is 0. The summed E-state index contributed by atoms with van der Waals surface area (Å²) in [5, 5.41) is 0. The molecule has 132 valence electrons. The maximum absolute atomic E-state index is 8.66. The molecule has 0 amide bonds. The second-order valence-electron chi connectivity index (χ2n) is 5.10. The summed E-state index contributed by atoms with van der Waals surface area (Å²) in [6.45, 7) is 6.61. The van der Waals surface area contributed by atoms with Gasteiger partial charge in [0.1, 0.15) is 24.8 Å². The average molecular weight is 346 g/mol. The van der Waals surface area contributed by atoms with Crippen LogP contribution in [0.4, 0.5) is 0 Å².